The Morgan fingerprint density at radius 3 is 2.38 bits per heavy atom. The Morgan fingerprint density at radius 1 is 0.952 bits per heavy atom. The lowest BCUT2D eigenvalue weighted by atomic mass is 10.1. The molecule has 2 aromatic carbocycles. The molecule has 0 aromatic heterocycles. The maximum absolute atomic E-state index is 12.0. The van der Waals surface area contributed by atoms with Gasteiger partial charge >= 0.3 is 0 Å². The first-order chi connectivity index (χ1) is 10.2. The molecule has 21 heavy (non-hydrogen) atoms. The second-order valence-electron chi connectivity index (χ2n) is 4.56. The van der Waals surface area contributed by atoms with Crippen LogP contribution in [0.1, 0.15) is 21.5 Å². The Balaban J connectivity index is 2.02. The van der Waals surface area contributed by atoms with Gasteiger partial charge in [0.25, 0.3) is 0 Å². The summed E-state index contributed by atoms with van der Waals surface area (Å²) in [6.07, 6.45) is 2.00. The van der Waals surface area contributed by atoms with Crippen LogP contribution in [0.3, 0.4) is 0 Å². The largest absolute Gasteiger partial charge is 0.493 e. The molecule has 0 N–H and O–H groups in total. The van der Waals surface area contributed by atoms with Crippen molar-refractivity contribution >= 4 is 27.9 Å². The predicted octanol–water partition coefficient (Wildman–Crippen LogP) is 4.09. The average Bonchev–Trinajstić information content (AvgIpc) is 2.84. The zero-order valence-electron chi connectivity index (χ0n) is 11.8. The Hall–Kier alpha value is -2.20. The molecule has 0 fully saturated rings. The second-order valence-corrected chi connectivity index (χ2v) is 5.57. The van der Waals surface area contributed by atoms with Gasteiger partial charge in [-0.25, -0.2) is 0 Å². The van der Waals surface area contributed by atoms with Crippen LogP contribution < -0.4 is 9.47 Å². The minimum atomic E-state index is 0.0947. The van der Waals surface area contributed by atoms with Gasteiger partial charge in [-0.1, -0.05) is 24.3 Å². The zero-order chi connectivity index (χ0) is 14.8. The summed E-state index contributed by atoms with van der Waals surface area (Å²) < 4.78 is 10.5. The van der Waals surface area contributed by atoms with Crippen molar-refractivity contribution in [2.24, 2.45) is 0 Å². The molecule has 0 radical (unpaired) electrons. The number of ether oxygens (including phenoxy) is 2. The maximum atomic E-state index is 12.0. The molecule has 3 rings (SSSR count). The standard InChI is InChI=1S/C17H14O3S/c1-19-14-8-7-11(9-15(14)20-2)10-16-12-5-3-4-6-13(12)17(18)21-16/h3-10H,1-2H3/b16-10-. The first-order valence-corrected chi connectivity index (χ1v) is 7.30. The quantitative estimate of drug-likeness (QED) is 0.855. The van der Waals surface area contributed by atoms with Gasteiger partial charge in [-0.15, -0.1) is 0 Å². The number of thioether (sulfide) groups is 1. The van der Waals surface area contributed by atoms with Gasteiger partial charge in [0.1, 0.15) is 0 Å². The van der Waals surface area contributed by atoms with Gasteiger partial charge in [0.15, 0.2) is 11.5 Å². The first-order valence-electron chi connectivity index (χ1n) is 6.48. The lowest BCUT2D eigenvalue weighted by Crippen LogP contribution is -1.90. The number of benzene rings is 2. The Kier molecular flexibility index (Phi) is 3.71. The Morgan fingerprint density at radius 2 is 1.67 bits per heavy atom. The smallest absolute Gasteiger partial charge is 0.224 e. The van der Waals surface area contributed by atoms with Crippen LogP contribution in [-0.4, -0.2) is 19.3 Å². The van der Waals surface area contributed by atoms with E-state index in [4.69, 9.17) is 9.47 Å². The molecule has 0 amide bonds. The number of carbonyl (C=O) groups excluding carboxylic acids is 1. The highest BCUT2D eigenvalue weighted by Gasteiger charge is 2.24. The molecule has 1 aliphatic heterocycles. The van der Waals surface area contributed by atoms with Gasteiger partial charge in [-0.05, 0) is 41.6 Å². The summed E-state index contributed by atoms with van der Waals surface area (Å²) in [4.78, 5) is 12.9. The number of carbonyl (C=O) groups is 1. The fourth-order valence-electron chi connectivity index (χ4n) is 2.29. The van der Waals surface area contributed by atoms with E-state index in [9.17, 15) is 4.79 Å². The van der Waals surface area contributed by atoms with Crippen molar-refractivity contribution in [1.29, 1.82) is 0 Å². The Labute approximate surface area is 127 Å². The molecule has 1 aliphatic rings. The maximum Gasteiger partial charge on any atom is 0.224 e. The highest BCUT2D eigenvalue weighted by molar-refractivity contribution is 8.22. The van der Waals surface area contributed by atoms with Gasteiger partial charge in [-0.2, -0.15) is 0 Å². The van der Waals surface area contributed by atoms with Gasteiger partial charge in [0.2, 0.25) is 5.12 Å². The third-order valence-corrected chi connectivity index (χ3v) is 4.28. The molecular weight excluding hydrogens is 284 g/mol. The van der Waals surface area contributed by atoms with Crippen molar-refractivity contribution < 1.29 is 14.3 Å². The number of fused-ring (bicyclic) bond motifs is 1. The molecule has 0 saturated carbocycles. The third-order valence-electron chi connectivity index (χ3n) is 3.32. The van der Waals surface area contributed by atoms with Crippen LogP contribution in [-0.2, 0) is 0 Å². The SMILES string of the molecule is COc1ccc(/C=C2\SC(=O)c3ccccc32)cc1OC. The van der Waals surface area contributed by atoms with E-state index in [1.54, 1.807) is 14.2 Å². The van der Waals surface area contributed by atoms with Crippen molar-refractivity contribution in [3.05, 3.63) is 59.2 Å². The van der Waals surface area contributed by atoms with E-state index in [-0.39, 0.29) is 5.12 Å². The summed E-state index contributed by atoms with van der Waals surface area (Å²) >= 11 is 1.26. The molecule has 3 nitrogen and oxygen atoms in total. The topological polar surface area (TPSA) is 35.5 Å². The normalized spacial score (nSPS) is 15.1. The lowest BCUT2D eigenvalue weighted by Gasteiger charge is -2.08. The lowest BCUT2D eigenvalue weighted by molar-refractivity contribution is 0.109. The molecule has 4 heteroatoms. The van der Waals surface area contributed by atoms with Crippen molar-refractivity contribution in [1.82, 2.24) is 0 Å². The molecule has 106 valence electrons. The van der Waals surface area contributed by atoms with Gasteiger partial charge in [-0.3, -0.25) is 4.79 Å². The van der Waals surface area contributed by atoms with Gasteiger partial charge in [0.05, 0.1) is 14.2 Å². The molecule has 2 aromatic rings. The third kappa shape index (κ3) is 2.54. The van der Waals surface area contributed by atoms with E-state index >= 15 is 0 Å². The van der Waals surface area contributed by atoms with Crippen LogP contribution in [0.25, 0.3) is 11.0 Å². The van der Waals surface area contributed by atoms with E-state index in [0.29, 0.717) is 11.5 Å². The van der Waals surface area contributed by atoms with Crippen molar-refractivity contribution in [3.63, 3.8) is 0 Å². The molecule has 0 aliphatic carbocycles. The number of hydrogen-bond donors (Lipinski definition) is 0. The Bertz CT molecular complexity index is 735. The van der Waals surface area contributed by atoms with Crippen molar-refractivity contribution in [3.8, 4) is 11.5 Å². The second kappa shape index (κ2) is 5.66. The molecular formula is C17H14O3S. The average molecular weight is 298 g/mol. The summed E-state index contributed by atoms with van der Waals surface area (Å²) in [5.74, 6) is 1.37. The summed E-state index contributed by atoms with van der Waals surface area (Å²) in [6.45, 7) is 0. The number of hydrogen-bond acceptors (Lipinski definition) is 4. The van der Waals surface area contributed by atoms with Crippen LogP contribution in [0.2, 0.25) is 0 Å². The molecule has 0 unspecified atom stereocenters. The summed E-state index contributed by atoms with van der Waals surface area (Å²) in [7, 11) is 3.22. The van der Waals surface area contributed by atoms with Crippen LogP contribution in [0.4, 0.5) is 0 Å². The van der Waals surface area contributed by atoms with Gasteiger partial charge < -0.3 is 9.47 Å². The molecule has 0 bridgehead atoms. The van der Waals surface area contributed by atoms with Gasteiger partial charge in [0, 0.05) is 16.0 Å². The van der Waals surface area contributed by atoms with E-state index in [2.05, 4.69) is 0 Å². The monoisotopic (exact) mass is 298 g/mol. The number of methoxy groups -OCH3 is 2. The molecule has 0 spiro atoms. The molecule has 1 heterocycles. The van der Waals surface area contributed by atoms with Crippen LogP contribution in [0.5, 0.6) is 11.5 Å². The molecule has 0 saturated heterocycles. The minimum absolute atomic E-state index is 0.0947. The summed E-state index contributed by atoms with van der Waals surface area (Å²) in [5.41, 5.74) is 2.73. The van der Waals surface area contributed by atoms with Crippen molar-refractivity contribution in [2.75, 3.05) is 14.2 Å². The first kappa shape index (κ1) is 13.8. The fourth-order valence-corrected chi connectivity index (χ4v) is 3.26. The summed E-state index contributed by atoms with van der Waals surface area (Å²) in [6, 6.07) is 13.4. The zero-order valence-corrected chi connectivity index (χ0v) is 12.6. The van der Waals surface area contributed by atoms with Crippen LogP contribution in [0.15, 0.2) is 42.5 Å². The highest BCUT2D eigenvalue weighted by atomic mass is 32.2. The number of rotatable bonds is 3. The molecule has 0 atom stereocenters. The van der Waals surface area contributed by atoms with E-state index in [1.165, 1.54) is 11.8 Å². The highest BCUT2D eigenvalue weighted by Crippen LogP contribution is 2.42. The van der Waals surface area contributed by atoms with Crippen LogP contribution >= 0.6 is 11.8 Å². The predicted molar refractivity (Wildman–Crippen MR) is 85.8 cm³/mol. The van der Waals surface area contributed by atoms with Crippen molar-refractivity contribution in [2.45, 2.75) is 0 Å². The van der Waals surface area contributed by atoms with E-state index in [1.807, 2.05) is 48.5 Å². The fraction of sp³-hybridized carbons (Fsp3) is 0.118. The van der Waals surface area contributed by atoms with Crippen LogP contribution in [0, 0.1) is 0 Å². The minimum Gasteiger partial charge on any atom is -0.493 e. The summed E-state index contributed by atoms with van der Waals surface area (Å²) in [5, 5.41) is 0.0947. The van der Waals surface area contributed by atoms with E-state index < -0.39 is 0 Å². The van der Waals surface area contributed by atoms with E-state index in [0.717, 1.165) is 21.6 Å².